The number of amides is 1. The summed E-state index contributed by atoms with van der Waals surface area (Å²) in [5.41, 5.74) is 0.998. The van der Waals surface area contributed by atoms with Crippen LogP contribution in [0.1, 0.15) is 47.4 Å². The number of anilines is 1. The Bertz CT molecular complexity index is 1080. The Hall–Kier alpha value is -3.61. The van der Waals surface area contributed by atoms with Crippen LogP contribution in [0.15, 0.2) is 54.7 Å². The van der Waals surface area contributed by atoms with E-state index >= 15 is 0 Å². The van der Waals surface area contributed by atoms with Crippen LogP contribution in [0.3, 0.4) is 0 Å². The highest BCUT2D eigenvalue weighted by Gasteiger charge is 2.26. The molecule has 3 aromatic rings. The van der Waals surface area contributed by atoms with Gasteiger partial charge in [-0.1, -0.05) is 24.3 Å². The molecule has 7 nitrogen and oxygen atoms in total. The quantitative estimate of drug-likeness (QED) is 0.675. The fraction of sp³-hybridized carbons (Fsp3) is 0.227. The van der Waals surface area contributed by atoms with Gasteiger partial charge in [0.05, 0.1) is 6.54 Å². The van der Waals surface area contributed by atoms with Gasteiger partial charge in [-0.15, -0.1) is 0 Å². The number of aromatic nitrogens is 2. The predicted octanol–water partition coefficient (Wildman–Crippen LogP) is 4.24. The number of para-hydroxylation sites is 1. The molecule has 0 unspecified atom stereocenters. The highest BCUT2D eigenvalue weighted by molar-refractivity contribution is 6.04. The van der Waals surface area contributed by atoms with Crippen LogP contribution in [0.5, 0.6) is 11.5 Å². The summed E-state index contributed by atoms with van der Waals surface area (Å²) < 4.78 is 12.8. The molecule has 0 atom stereocenters. The number of imidazole rings is 1. The van der Waals surface area contributed by atoms with Crippen LogP contribution in [0.25, 0.3) is 0 Å². The molecule has 4 rings (SSSR count). The molecule has 0 radical (unpaired) electrons. The smallest absolute Gasteiger partial charge is 0.359 e. The maximum Gasteiger partial charge on any atom is 0.359 e. The number of rotatable bonds is 3. The SMILES string of the molecule is CC(C)(C)OC(=O)c1cn2c(n1)C(=O)Nc1cc(Oc3ccccc3)ccc1C2. The molecule has 1 amide bonds. The van der Waals surface area contributed by atoms with E-state index in [0.717, 1.165) is 5.56 Å². The molecule has 148 valence electrons. The number of carbonyl (C=O) groups excluding carboxylic acids is 2. The highest BCUT2D eigenvalue weighted by atomic mass is 16.6. The first-order valence-corrected chi connectivity index (χ1v) is 9.26. The first-order valence-electron chi connectivity index (χ1n) is 9.26. The van der Waals surface area contributed by atoms with E-state index in [4.69, 9.17) is 9.47 Å². The van der Waals surface area contributed by atoms with E-state index in [1.807, 2.05) is 42.5 Å². The molecule has 2 heterocycles. The molecule has 1 N–H and O–H groups in total. The fourth-order valence-corrected chi connectivity index (χ4v) is 3.01. The van der Waals surface area contributed by atoms with Crippen molar-refractivity contribution in [3.63, 3.8) is 0 Å². The van der Waals surface area contributed by atoms with Crippen molar-refractivity contribution < 1.29 is 19.1 Å². The monoisotopic (exact) mass is 391 g/mol. The molecule has 29 heavy (non-hydrogen) atoms. The number of ether oxygens (including phenoxy) is 2. The highest BCUT2D eigenvalue weighted by Crippen LogP contribution is 2.30. The molecule has 0 saturated carbocycles. The third-order valence-electron chi connectivity index (χ3n) is 4.24. The van der Waals surface area contributed by atoms with Gasteiger partial charge in [0.15, 0.2) is 11.5 Å². The Balaban J connectivity index is 1.59. The van der Waals surface area contributed by atoms with E-state index in [-0.39, 0.29) is 11.5 Å². The Morgan fingerprint density at radius 3 is 2.59 bits per heavy atom. The molecule has 0 spiro atoms. The molecule has 7 heteroatoms. The van der Waals surface area contributed by atoms with Gasteiger partial charge in [-0.25, -0.2) is 9.78 Å². The van der Waals surface area contributed by atoms with E-state index in [1.54, 1.807) is 37.6 Å². The fourth-order valence-electron chi connectivity index (χ4n) is 3.01. The van der Waals surface area contributed by atoms with E-state index in [9.17, 15) is 9.59 Å². The van der Waals surface area contributed by atoms with Gasteiger partial charge in [-0.2, -0.15) is 0 Å². The second-order valence-electron chi connectivity index (χ2n) is 7.77. The number of carbonyl (C=O) groups is 2. The van der Waals surface area contributed by atoms with Crippen LogP contribution in [-0.4, -0.2) is 27.0 Å². The maximum absolute atomic E-state index is 12.7. The summed E-state index contributed by atoms with van der Waals surface area (Å²) in [6.07, 6.45) is 1.55. The number of nitrogens with one attached hydrogen (secondary N) is 1. The molecule has 0 aliphatic carbocycles. The van der Waals surface area contributed by atoms with Crippen molar-refractivity contribution in [2.45, 2.75) is 32.9 Å². The summed E-state index contributed by atoms with van der Waals surface area (Å²) in [6, 6.07) is 14.9. The van der Waals surface area contributed by atoms with Gasteiger partial charge in [0, 0.05) is 18.0 Å². The van der Waals surface area contributed by atoms with Gasteiger partial charge in [-0.3, -0.25) is 4.79 Å². The second kappa shape index (κ2) is 7.09. The molecule has 2 aromatic carbocycles. The summed E-state index contributed by atoms with van der Waals surface area (Å²) in [5.74, 6) is 0.535. The van der Waals surface area contributed by atoms with Crippen LogP contribution in [0, 0.1) is 0 Å². The normalized spacial score (nSPS) is 13.0. The van der Waals surface area contributed by atoms with Crippen molar-refractivity contribution in [2.75, 3.05) is 5.32 Å². The number of esters is 1. The average molecular weight is 391 g/mol. The molecule has 1 aliphatic rings. The lowest BCUT2D eigenvalue weighted by molar-refractivity contribution is 0.00632. The van der Waals surface area contributed by atoms with Crippen molar-refractivity contribution in [3.8, 4) is 11.5 Å². The number of hydrogen-bond donors (Lipinski definition) is 1. The van der Waals surface area contributed by atoms with Crippen molar-refractivity contribution >= 4 is 17.6 Å². The molecule has 0 bridgehead atoms. The van der Waals surface area contributed by atoms with Gasteiger partial charge < -0.3 is 19.4 Å². The summed E-state index contributed by atoms with van der Waals surface area (Å²) in [5, 5.41) is 2.85. The van der Waals surface area contributed by atoms with Crippen LogP contribution < -0.4 is 10.1 Å². The lowest BCUT2D eigenvalue weighted by Gasteiger charge is -2.18. The van der Waals surface area contributed by atoms with Gasteiger partial charge in [-0.05, 0) is 44.5 Å². The zero-order valence-corrected chi connectivity index (χ0v) is 16.4. The lowest BCUT2D eigenvalue weighted by Crippen LogP contribution is -2.24. The maximum atomic E-state index is 12.7. The predicted molar refractivity (Wildman–Crippen MR) is 107 cm³/mol. The average Bonchev–Trinajstić information content (AvgIpc) is 3.02. The zero-order chi connectivity index (χ0) is 20.6. The van der Waals surface area contributed by atoms with Crippen molar-refractivity contribution in [1.82, 2.24) is 9.55 Å². The lowest BCUT2D eigenvalue weighted by atomic mass is 10.1. The van der Waals surface area contributed by atoms with Gasteiger partial charge in [0.1, 0.15) is 17.1 Å². The van der Waals surface area contributed by atoms with Gasteiger partial charge in [0.25, 0.3) is 5.91 Å². The Kier molecular flexibility index (Phi) is 4.58. The van der Waals surface area contributed by atoms with E-state index in [2.05, 4.69) is 10.3 Å². The van der Waals surface area contributed by atoms with Crippen molar-refractivity contribution in [3.05, 3.63) is 71.8 Å². The first kappa shape index (κ1) is 18.7. The first-order chi connectivity index (χ1) is 13.8. The zero-order valence-electron chi connectivity index (χ0n) is 16.4. The van der Waals surface area contributed by atoms with E-state index < -0.39 is 17.5 Å². The van der Waals surface area contributed by atoms with Gasteiger partial charge in [0.2, 0.25) is 0 Å². The van der Waals surface area contributed by atoms with Crippen molar-refractivity contribution in [2.24, 2.45) is 0 Å². The third-order valence-corrected chi connectivity index (χ3v) is 4.24. The molecule has 0 saturated heterocycles. The molecule has 0 fully saturated rings. The third kappa shape index (κ3) is 4.13. The minimum atomic E-state index is -0.637. The number of hydrogen-bond acceptors (Lipinski definition) is 5. The van der Waals surface area contributed by atoms with Crippen LogP contribution in [0.4, 0.5) is 5.69 Å². The summed E-state index contributed by atoms with van der Waals surface area (Å²) in [6.45, 7) is 5.74. The minimum absolute atomic E-state index is 0.109. The summed E-state index contributed by atoms with van der Waals surface area (Å²) in [4.78, 5) is 29.2. The van der Waals surface area contributed by atoms with Gasteiger partial charge >= 0.3 is 5.97 Å². The van der Waals surface area contributed by atoms with Crippen LogP contribution >= 0.6 is 0 Å². The van der Waals surface area contributed by atoms with E-state index in [1.165, 1.54) is 0 Å². The largest absolute Gasteiger partial charge is 0.457 e. The molecular formula is C22H21N3O4. The van der Waals surface area contributed by atoms with E-state index in [0.29, 0.717) is 23.7 Å². The summed E-state index contributed by atoms with van der Waals surface area (Å²) >= 11 is 0. The molecule has 1 aromatic heterocycles. The number of benzene rings is 2. The topological polar surface area (TPSA) is 82.5 Å². The van der Waals surface area contributed by atoms with Crippen LogP contribution in [0.2, 0.25) is 0 Å². The summed E-state index contributed by atoms with van der Waals surface area (Å²) in [7, 11) is 0. The Labute approximate surface area is 168 Å². The van der Waals surface area contributed by atoms with Crippen molar-refractivity contribution in [1.29, 1.82) is 0 Å². The molecular weight excluding hydrogens is 370 g/mol. The molecule has 1 aliphatic heterocycles. The minimum Gasteiger partial charge on any atom is -0.457 e. The number of nitrogens with zero attached hydrogens (tertiary/aromatic N) is 2. The second-order valence-corrected chi connectivity index (χ2v) is 7.77. The standard InChI is InChI=1S/C22H21N3O4/c1-22(2,3)29-21(27)18-13-25-12-14-9-10-16(28-15-7-5-4-6-8-15)11-17(14)24-20(26)19(25)23-18/h4-11,13H,12H2,1-3H3,(H,24,26). The number of fused-ring (bicyclic) bond motifs is 2. The van der Waals surface area contributed by atoms with Crippen LogP contribution in [-0.2, 0) is 11.3 Å². The Morgan fingerprint density at radius 1 is 1.10 bits per heavy atom. The Morgan fingerprint density at radius 2 is 1.86 bits per heavy atom.